The highest BCUT2D eigenvalue weighted by molar-refractivity contribution is 5.96. The maximum Gasteiger partial charge on any atom is 0.329 e. The third-order valence-corrected chi connectivity index (χ3v) is 10.7. The Morgan fingerprint density at radius 1 is 0.902 bits per heavy atom. The summed E-state index contributed by atoms with van der Waals surface area (Å²) in [6, 6.07) is 7.98. The number of benzene rings is 1. The van der Waals surface area contributed by atoms with Crippen LogP contribution in [0.25, 0.3) is 0 Å². The molecule has 0 radical (unpaired) electrons. The molecule has 0 saturated carbocycles. The Kier molecular flexibility index (Phi) is 15.1. The molecule has 11 heteroatoms. The number of carbonyl (C=O) groups is 4. The highest BCUT2D eigenvalue weighted by Crippen LogP contribution is 2.27. The summed E-state index contributed by atoms with van der Waals surface area (Å²) in [5.74, 6) is -1.04. The van der Waals surface area contributed by atoms with Gasteiger partial charge in [0.1, 0.15) is 18.2 Å². The Bertz CT molecular complexity index is 1340. The van der Waals surface area contributed by atoms with Crippen molar-refractivity contribution in [3.63, 3.8) is 0 Å². The molecule has 0 aliphatic carbocycles. The molecule has 0 aromatic heterocycles. The molecule has 1 aromatic rings. The summed E-state index contributed by atoms with van der Waals surface area (Å²) in [5.41, 5.74) is 1.39. The van der Waals surface area contributed by atoms with Crippen LogP contribution in [0.3, 0.4) is 0 Å². The lowest BCUT2D eigenvalue weighted by molar-refractivity contribution is -0.159. The Labute approximate surface area is 306 Å². The second kappa shape index (κ2) is 19.0. The van der Waals surface area contributed by atoms with E-state index in [0.717, 1.165) is 44.5 Å². The van der Waals surface area contributed by atoms with Gasteiger partial charge in [0.15, 0.2) is 0 Å². The molecule has 51 heavy (non-hydrogen) atoms. The maximum atomic E-state index is 14.1. The lowest BCUT2D eigenvalue weighted by Gasteiger charge is -2.39. The number of hydrogen-bond donors (Lipinski definition) is 1. The number of rotatable bonds is 14. The van der Waals surface area contributed by atoms with Crippen molar-refractivity contribution in [1.82, 2.24) is 24.9 Å². The summed E-state index contributed by atoms with van der Waals surface area (Å²) in [6.45, 7) is 18.6. The lowest BCUT2D eigenvalue weighted by atomic mass is 9.95. The van der Waals surface area contributed by atoms with Crippen molar-refractivity contribution in [1.29, 1.82) is 0 Å². The minimum Gasteiger partial charge on any atom is -0.455 e. The first-order valence-corrected chi connectivity index (χ1v) is 19.2. The van der Waals surface area contributed by atoms with Gasteiger partial charge in [-0.25, -0.2) is 4.79 Å². The molecule has 3 aliphatic rings. The van der Waals surface area contributed by atoms with Gasteiger partial charge in [-0.1, -0.05) is 70.5 Å². The van der Waals surface area contributed by atoms with Crippen molar-refractivity contribution in [2.45, 2.75) is 117 Å². The van der Waals surface area contributed by atoms with Crippen molar-refractivity contribution in [3.05, 3.63) is 47.5 Å². The molecule has 5 atom stereocenters. The van der Waals surface area contributed by atoms with Gasteiger partial charge in [0.05, 0.1) is 25.3 Å². The second-order valence-corrected chi connectivity index (χ2v) is 15.5. The molecule has 4 rings (SSSR count). The number of nitrogens with one attached hydrogen (secondary N) is 1. The van der Waals surface area contributed by atoms with Crippen LogP contribution >= 0.6 is 0 Å². The second-order valence-electron chi connectivity index (χ2n) is 15.5. The SMILES string of the molecule is C/C(=C\[C@H](C(C)C)N(C)C(=O)[C@@H](NC(=O)[C@H]1CCCCN1C(C)C)C(C)C)C(=O)N1CCC[C@H]1C(=O)OC(CN1CCOCC1)c1ccccc1. The van der Waals surface area contributed by atoms with Crippen molar-refractivity contribution < 1.29 is 28.7 Å². The van der Waals surface area contributed by atoms with Gasteiger partial charge in [-0.3, -0.25) is 24.2 Å². The molecule has 0 spiro atoms. The zero-order chi connectivity index (χ0) is 37.2. The number of likely N-dealkylation sites (tertiary alicyclic amines) is 2. The van der Waals surface area contributed by atoms with Crippen LogP contribution in [0.4, 0.5) is 0 Å². The number of hydrogen-bond acceptors (Lipinski definition) is 8. The van der Waals surface area contributed by atoms with E-state index in [1.807, 2.05) is 64.1 Å². The fourth-order valence-corrected chi connectivity index (χ4v) is 7.66. The Morgan fingerprint density at radius 2 is 1.57 bits per heavy atom. The first kappa shape index (κ1) is 40.5. The van der Waals surface area contributed by atoms with Crippen LogP contribution in [0.1, 0.15) is 92.2 Å². The Balaban J connectivity index is 1.46. The first-order valence-electron chi connectivity index (χ1n) is 19.2. The zero-order valence-electron chi connectivity index (χ0n) is 32.3. The first-order chi connectivity index (χ1) is 24.3. The van der Waals surface area contributed by atoms with E-state index in [2.05, 4.69) is 29.0 Å². The maximum absolute atomic E-state index is 14.1. The fourth-order valence-electron chi connectivity index (χ4n) is 7.66. The quantitative estimate of drug-likeness (QED) is 0.223. The van der Waals surface area contributed by atoms with Crippen LogP contribution in [0, 0.1) is 11.8 Å². The highest BCUT2D eigenvalue weighted by Gasteiger charge is 2.39. The van der Waals surface area contributed by atoms with Gasteiger partial charge in [-0.2, -0.15) is 0 Å². The predicted molar refractivity (Wildman–Crippen MR) is 199 cm³/mol. The molecule has 1 N–H and O–H groups in total. The van der Waals surface area contributed by atoms with E-state index in [-0.39, 0.29) is 41.6 Å². The van der Waals surface area contributed by atoms with Crippen molar-refractivity contribution >= 4 is 23.7 Å². The van der Waals surface area contributed by atoms with E-state index in [0.29, 0.717) is 44.7 Å². The molecule has 3 fully saturated rings. The number of likely N-dealkylation sites (N-methyl/N-ethyl adjacent to an activating group) is 1. The predicted octanol–water partition coefficient (Wildman–Crippen LogP) is 4.43. The molecule has 3 heterocycles. The van der Waals surface area contributed by atoms with Gasteiger partial charge in [0, 0.05) is 44.8 Å². The third kappa shape index (κ3) is 10.6. The van der Waals surface area contributed by atoms with E-state index < -0.39 is 30.2 Å². The van der Waals surface area contributed by atoms with Crippen molar-refractivity contribution in [2.75, 3.05) is 53.0 Å². The number of piperidine rings is 1. The number of amides is 3. The number of esters is 1. The van der Waals surface area contributed by atoms with Gasteiger partial charge in [0.2, 0.25) is 17.7 Å². The van der Waals surface area contributed by atoms with Crippen molar-refractivity contribution in [2.24, 2.45) is 11.8 Å². The molecular formula is C40H63N5O6. The summed E-state index contributed by atoms with van der Waals surface area (Å²) in [7, 11) is 1.75. The summed E-state index contributed by atoms with van der Waals surface area (Å²) >= 11 is 0. The van der Waals surface area contributed by atoms with Crippen LogP contribution < -0.4 is 5.32 Å². The summed E-state index contributed by atoms with van der Waals surface area (Å²) in [5, 5.41) is 3.11. The minimum absolute atomic E-state index is 0.00820. The Morgan fingerprint density at radius 3 is 2.20 bits per heavy atom. The van der Waals surface area contributed by atoms with Crippen LogP contribution in [-0.4, -0.2) is 126 Å². The van der Waals surface area contributed by atoms with Crippen LogP contribution in [0.5, 0.6) is 0 Å². The fraction of sp³-hybridized carbons (Fsp3) is 0.700. The van der Waals surface area contributed by atoms with E-state index in [1.54, 1.807) is 23.8 Å². The van der Waals surface area contributed by atoms with E-state index in [4.69, 9.17) is 9.47 Å². The molecule has 3 aliphatic heterocycles. The third-order valence-electron chi connectivity index (χ3n) is 10.7. The van der Waals surface area contributed by atoms with Gasteiger partial charge in [0.25, 0.3) is 0 Å². The van der Waals surface area contributed by atoms with Gasteiger partial charge < -0.3 is 24.6 Å². The highest BCUT2D eigenvalue weighted by atomic mass is 16.5. The van der Waals surface area contributed by atoms with E-state index >= 15 is 0 Å². The van der Waals surface area contributed by atoms with Gasteiger partial charge in [-0.15, -0.1) is 0 Å². The number of morpholine rings is 1. The van der Waals surface area contributed by atoms with Crippen LogP contribution in [-0.2, 0) is 28.7 Å². The van der Waals surface area contributed by atoms with E-state index in [1.165, 1.54) is 0 Å². The average molecular weight is 710 g/mol. The van der Waals surface area contributed by atoms with Crippen molar-refractivity contribution in [3.8, 4) is 0 Å². The van der Waals surface area contributed by atoms with E-state index in [9.17, 15) is 19.2 Å². The molecule has 3 amide bonds. The smallest absolute Gasteiger partial charge is 0.329 e. The van der Waals surface area contributed by atoms with Gasteiger partial charge >= 0.3 is 5.97 Å². The number of carbonyl (C=O) groups excluding carboxylic acids is 4. The molecule has 3 saturated heterocycles. The summed E-state index contributed by atoms with van der Waals surface area (Å²) in [6.07, 6.45) is 5.47. The minimum atomic E-state index is -0.697. The molecular weight excluding hydrogens is 646 g/mol. The standard InChI is InChI=1S/C40H63N5O6/c1-27(2)34(42(8)39(48)36(28(3)4)41-37(46)32-17-12-13-19-44(32)29(5)6)25-30(7)38(47)45-20-14-18-33(45)40(49)51-35(31-15-10-9-11-16-31)26-43-21-23-50-24-22-43/h9-11,15-16,25,27-29,32-36H,12-14,17-24,26H2,1-8H3,(H,41,46)/b30-25+/t32-,33+,34-,35?,36+/m1/s1. The number of ether oxygens (including phenoxy) is 2. The zero-order valence-corrected chi connectivity index (χ0v) is 32.3. The van der Waals surface area contributed by atoms with Crippen LogP contribution in [0.15, 0.2) is 42.0 Å². The Hall–Kier alpha value is -3.28. The molecule has 1 aromatic carbocycles. The van der Waals surface area contributed by atoms with Gasteiger partial charge in [-0.05, 0) is 70.4 Å². The average Bonchev–Trinajstić information content (AvgIpc) is 3.62. The molecule has 11 nitrogen and oxygen atoms in total. The number of nitrogens with zero attached hydrogens (tertiary/aromatic N) is 4. The molecule has 1 unspecified atom stereocenters. The summed E-state index contributed by atoms with van der Waals surface area (Å²) in [4.78, 5) is 63.2. The largest absolute Gasteiger partial charge is 0.455 e. The molecule has 0 bridgehead atoms. The molecule has 284 valence electrons. The van der Waals surface area contributed by atoms with Crippen LogP contribution in [0.2, 0.25) is 0 Å². The normalized spacial score (nSPS) is 22.6. The summed E-state index contributed by atoms with van der Waals surface area (Å²) < 4.78 is 11.7. The topological polar surface area (TPSA) is 112 Å². The monoisotopic (exact) mass is 709 g/mol. The lowest BCUT2D eigenvalue weighted by Crippen LogP contribution is -2.58.